The van der Waals surface area contributed by atoms with Crippen LogP contribution in [0.3, 0.4) is 0 Å². The van der Waals surface area contributed by atoms with Crippen LogP contribution in [-0.2, 0) is 19.1 Å². The third-order valence-corrected chi connectivity index (χ3v) is 5.20. The number of nitrogens with zero attached hydrogens (tertiary/aromatic N) is 1. The SMILES string of the molecule is CC(C)c1ccccc1NC(=O)COC(=O)CN1C(=O)N[C@@](C)(C2CC2)C1=O. The highest BCUT2D eigenvalue weighted by Crippen LogP contribution is 2.42. The topological polar surface area (TPSA) is 105 Å². The van der Waals surface area contributed by atoms with Gasteiger partial charge < -0.3 is 15.4 Å². The van der Waals surface area contributed by atoms with Crippen LogP contribution in [0, 0.1) is 5.92 Å². The van der Waals surface area contributed by atoms with Gasteiger partial charge in [0.15, 0.2) is 6.61 Å². The summed E-state index contributed by atoms with van der Waals surface area (Å²) < 4.78 is 4.95. The minimum Gasteiger partial charge on any atom is -0.454 e. The number of rotatable bonds is 7. The van der Waals surface area contributed by atoms with Crippen LogP contribution in [0.25, 0.3) is 0 Å². The number of anilines is 1. The summed E-state index contributed by atoms with van der Waals surface area (Å²) in [5.41, 5.74) is 0.684. The number of para-hydroxylation sites is 1. The molecule has 8 heteroatoms. The lowest BCUT2D eigenvalue weighted by molar-refractivity contribution is -0.150. The van der Waals surface area contributed by atoms with Gasteiger partial charge in [-0.25, -0.2) is 4.79 Å². The Morgan fingerprint density at radius 3 is 2.61 bits per heavy atom. The van der Waals surface area contributed by atoms with Crippen molar-refractivity contribution in [3.63, 3.8) is 0 Å². The Morgan fingerprint density at radius 1 is 1.29 bits per heavy atom. The molecule has 1 atom stereocenters. The summed E-state index contributed by atoms with van der Waals surface area (Å²) in [7, 11) is 0. The van der Waals surface area contributed by atoms with Crippen molar-refractivity contribution in [1.29, 1.82) is 0 Å². The van der Waals surface area contributed by atoms with E-state index in [1.807, 2.05) is 32.0 Å². The van der Waals surface area contributed by atoms with Gasteiger partial charge in [-0.2, -0.15) is 0 Å². The molecule has 0 aromatic heterocycles. The molecule has 1 saturated carbocycles. The molecule has 8 nitrogen and oxygen atoms in total. The highest BCUT2D eigenvalue weighted by Gasteiger charge is 2.56. The number of ether oxygens (including phenoxy) is 1. The van der Waals surface area contributed by atoms with Gasteiger partial charge in [-0.15, -0.1) is 0 Å². The maximum absolute atomic E-state index is 12.5. The number of amides is 4. The molecular formula is C20H25N3O5. The third kappa shape index (κ3) is 4.00. The molecule has 28 heavy (non-hydrogen) atoms. The Bertz CT molecular complexity index is 818. The molecule has 0 bridgehead atoms. The Labute approximate surface area is 163 Å². The zero-order valence-electron chi connectivity index (χ0n) is 16.3. The van der Waals surface area contributed by atoms with Crippen molar-refractivity contribution in [3.05, 3.63) is 29.8 Å². The molecule has 150 valence electrons. The second-order valence-electron chi connectivity index (χ2n) is 7.75. The number of carbonyl (C=O) groups is 4. The van der Waals surface area contributed by atoms with Crippen molar-refractivity contribution in [2.45, 2.75) is 45.1 Å². The van der Waals surface area contributed by atoms with E-state index >= 15 is 0 Å². The molecule has 2 aliphatic rings. The third-order valence-electron chi connectivity index (χ3n) is 5.20. The zero-order valence-corrected chi connectivity index (χ0v) is 16.3. The fraction of sp³-hybridized carbons (Fsp3) is 0.500. The van der Waals surface area contributed by atoms with Gasteiger partial charge in [0.2, 0.25) is 0 Å². The molecule has 1 aromatic carbocycles. The minimum atomic E-state index is -0.949. The van der Waals surface area contributed by atoms with Crippen molar-refractivity contribution >= 4 is 29.5 Å². The van der Waals surface area contributed by atoms with E-state index in [-0.39, 0.29) is 11.8 Å². The number of hydrogen-bond acceptors (Lipinski definition) is 5. The summed E-state index contributed by atoms with van der Waals surface area (Å²) in [6.07, 6.45) is 1.75. The summed E-state index contributed by atoms with van der Waals surface area (Å²) in [5.74, 6) is -1.39. The molecule has 1 aliphatic heterocycles. The van der Waals surface area contributed by atoms with Crippen LogP contribution in [0.1, 0.15) is 45.1 Å². The van der Waals surface area contributed by atoms with Gasteiger partial charge in [-0.1, -0.05) is 32.0 Å². The molecule has 0 spiro atoms. The zero-order chi connectivity index (χ0) is 20.5. The number of hydrogen-bond donors (Lipinski definition) is 2. The maximum atomic E-state index is 12.5. The second-order valence-corrected chi connectivity index (χ2v) is 7.75. The Balaban J connectivity index is 1.51. The Hall–Kier alpha value is -2.90. The van der Waals surface area contributed by atoms with E-state index in [1.165, 1.54) is 0 Å². The molecule has 3 rings (SSSR count). The lowest BCUT2D eigenvalue weighted by Gasteiger charge is -2.20. The molecule has 0 radical (unpaired) electrons. The standard InChI is InChI=1S/C20H25N3O5/c1-12(2)14-6-4-5-7-15(14)21-16(24)11-28-17(25)10-23-18(26)20(3,13-8-9-13)22-19(23)27/h4-7,12-13H,8-11H2,1-3H3,(H,21,24)(H,22,27)/t20-/m0/s1. The summed E-state index contributed by atoms with van der Waals surface area (Å²) in [4.78, 5) is 49.6. The molecule has 1 heterocycles. The highest BCUT2D eigenvalue weighted by atomic mass is 16.5. The summed E-state index contributed by atoms with van der Waals surface area (Å²) in [5, 5.41) is 5.38. The first-order chi connectivity index (χ1) is 13.2. The molecule has 1 aliphatic carbocycles. The lowest BCUT2D eigenvalue weighted by atomic mass is 9.96. The average molecular weight is 387 g/mol. The fourth-order valence-corrected chi connectivity index (χ4v) is 3.42. The maximum Gasteiger partial charge on any atom is 0.326 e. The van der Waals surface area contributed by atoms with E-state index < -0.39 is 42.5 Å². The summed E-state index contributed by atoms with van der Waals surface area (Å²) >= 11 is 0. The largest absolute Gasteiger partial charge is 0.454 e. The quantitative estimate of drug-likeness (QED) is 0.550. The van der Waals surface area contributed by atoms with Crippen LogP contribution in [0.4, 0.5) is 10.5 Å². The van der Waals surface area contributed by atoms with Gasteiger partial charge >= 0.3 is 12.0 Å². The molecule has 4 amide bonds. The second kappa shape index (κ2) is 7.61. The van der Waals surface area contributed by atoms with Crippen LogP contribution in [0.5, 0.6) is 0 Å². The predicted octanol–water partition coefficient (Wildman–Crippen LogP) is 2.01. The van der Waals surface area contributed by atoms with E-state index in [4.69, 9.17) is 4.74 Å². The molecule has 2 N–H and O–H groups in total. The van der Waals surface area contributed by atoms with E-state index in [1.54, 1.807) is 13.0 Å². The number of carbonyl (C=O) groups excluding carboxylic acids is 4. The number of imide groups is 1. The van der Waals surface area contributed by atoms with Gasteiger partial charge in [0, 0.05) is 5.69 Å². The van der Waals surface area contributed by atoms with Gasteiger partial charge in [-0.3, -0.25) is 19.3 Å². The molecule has 1 saturated heterocycles. The summed E-state index contributed by atoms with van der Waals surface area (Å²) in [6, 6.07) is 6.79. The van der Waals surface area contributed by atoms with Crippen molar-refractivity contribution < 1.29 is 23.9 Å². The van der Waals surface area contributed by atoms with Crippen LogP contribution in [0.15, 0.2) is 24.3 Å². The highest BCUT2D eigenvalue weighted by molar-refractivity contribution is 6.09. The van der Waals surface area contributed by atoms with Crippen LogP contribution in [-0.4, -0.2) is 47.4 Å². The monoisotopic (exact) mass is 387 g/mol. The number of urea groups is 1. The lowest BCUT2D eigenvalue weighted by Crippen LogP contribution is -2.46. The van der Waals surface area contributed by atoms with Gasteiger partial charge in [-0.05, 0) is 43.2 Å². The number of nitrogens with one attached hydrogen (secondary N) is 2. The van der Waals surface area contributed by atoms with Crippen molar-refractivity contribution in [2.24, 2.45) is 5.92 Å². The van der Waals surface area contributed by atoms with Gasteiger partial charge in [0.05, 0.1) is 0 Å². The van der Waals surface area contributed by atoms with E-state index in [9.17, 15) is 19.2 Å². The van der Waals surface area contributed by atoms with Crippen LogP contribution in [0.2, 0.25) is 0 Å². The van der Waals surface area contributed by atoms with Crippen molar-refractivity contribution in [2.75, 3.05) is 18.5 Å². The number of benzene rings is 1. The van der Waals surface area contributed by atoms with Gasteiger partial charge in [0.1, 0.15) is 12.1 Å². The average Bonchev–Trinajstić information content (AvgIpc) is 3.46. The fourth-order valence-electron chi connectivity index (χ4n) is 3.42. The Kier molecular flexibility index (Phi) is 5.40. The predicted molar refractivity (Wildman–Crippen MR) is 101 cm³/mol. The van der Waals surface area contributed by atoms with E-state index in [2.05, 4.69) is 10.6 Å². The molecule has 2 fully saturated rings. The molecule has 1 aromatic rings. The molecule has 0 unspecified atom stereocenters. The summed E-state index contributed by atoms with van der Waals surface area (Å²) in [6.45, 7) is 4.70. The van der Waals surface area contributed by atoms with Crippen LogP contribution >= 0.6 is 0 Å². The normalized spacial score (nSPS) is 21.6. The number of esters is 1. The van der Waals surface area contributed by atoms with Crippen molar-refractivity contribution in [1.82, 2.24) is 10.2 Å². The minimum absolute atomic E-state index is 0.108. The molecular weight excluding hydrogens is 362 g/mol. The Morgan fingerprint density at radius 2 is 1.96 bits per heavy atom. The van der Waals surface area contributed by atoms with Crippen molar-refractivity contribution in [3.8, 4) is 0 Å². The first kappa shape index (κ1) is 19.9. The van der Waals surface area contributed by atoms with E-state index in [0.717, 1.165) is 23.3 Å². The smallest absolute Gasteiger partial charge is 0.326 e. The first-order valence-electron chi connectivity index (χ1n) is 9.41. The van der Waals surface area contributed by atoms with Crippen LogP contribution < -0.4 is 10.6 Å². The van der Waals surface area contributed by atoms with Gasteiger partial charge in [0.25, 0.3) is 11.8 Å². The van der Waals surface area contributed by atoms with E-state index in [0.29, 0.717) is 5.69 Å². The first-order valence-corrected chi connectivity index (χ1v) is 9.41.